The highest BCUT2D eigenvalue weighted by Gasteiger charge is 2.53. The molecule has 140 valence electrons. The first-order valence-electron chi connectivity index (χ1n) is 7.66. The molecule has 2 heterocycles. The first kappa shape index (κ1) is 19.6. The Morgan fingerprint density at radius 2 is 1.62 bits per heavy atom. The lowest BCUT2D eigenvalue weighted by Crippen LogP contribution is -2.47. The summed E-state index contributed by atoms with van der Waals surface area (Å²) in [6, 6.07) is -0.615. The molecule has 4 nitrogen and oxygen atoms in total. The molecule has 2 aliphatic rings. The summed E-state index contributed by atoms with van der Waals surface area (Å²) >= 11 is 0. The van der Waals surface area contributed by atoms with Crippen molar-refractivity contribution in [2.24, 2.45) is 0 Å². The fourth-order valence-electron chi connectivity index (χ4n) is 3.46. The van der Waals surface area contributed by atoms with E-state index in [1.807, 2.05) is 0 Å². The summed E-state index contributed by atoms with van der Waals surface area (Å²) in [6.45, 7) is 0.610. The highest BCUT2D eigenvalue weighted by molar-refractivity contribution is 7.64. The second kappa shape index (κ2) is 6.86. The van der Waals surface area contributed by atoms with Crippen molar-refractivity contribution in [3.05, 3.63) is 0 Å². The molecule has 0 aromatic carbocycles. The minimum absolute atomic E-state index is 0.0430. The van der Waals surface area contributed by atoms with Crippen LogP contribution in [-0.2, 0) is 9.36 Å². The maximum absolute atomic E-state index is 12.8. The largest absolute Gasteiger partial charge is 0.395 e. The quantitative estimate of drug-likeness (QED) is 0.602. The van der Waals surface area contributed by atoms with E-state index in [4.69, 9.17) is 0 Å². The summed E-state index contributed by atoms with van der Waals surface area (Å²) in [5.41, 5.74) is 0. The summed E-state index contributed by atoms with van der Waals surface area (Å²) in [7, 11) is -4.73. The van der Waals surface area contributed by atoms with Gasteiger partial charge in [-0.05, 0) is 32.2 Å². The number of carbonyl (C=O) groups excluding carboxylic acids is 1. The number of hydrogen-bond acceptors (Lipinski definition) is 3. The van der Waals surface area contributed by atoms with Crippen LogP contribution in [0.4, 0.5) is 26.3 Å². The predicted molar refractivity (Wildman–Crippen MR) is 75.2 cm³/mol. The van der Waals surface area contributed by atoms with Gasteiger partial charge in [0.1, 0.15) is 7.14 Å². The molecule has 24 heavy (non-hydrogen) atoms. The monoisotopic (exact) mass is 380 g/mol. The fraction of sp³-hybridized carbons (Fsp3) is 0.923. The lowest BCUT2D eigenvalue weighted by Gasteiger charge is -2.34. The molecule has 2 fully saturated rings. The van der Waals surface area contributed by atoms with Gasteiger partial charge < -0.3 is 14.8 Å². The Kier molecular flexibility index (Phi) is 5.59. The number of likely N-dealkylation sites (tertiary alicyclic amines) is 1. The lowest BCUT2D eigenvalue weighted by atomic mass is 10.2. The van der Waals surface area contributed by atoms with E-state index in [2.05, 4.69) is 5.32 Å². The Balaban J connectivity index is 2.26. The van der Waals surface area contributed by atoms with E-state index in [1.54, 1.807) is 0 Å². The minimum atomic E-state index is -4.98. The molecule has 0 aromatic rings. The summed E-state index contributed by atoms with van der Waals surface area (Å²) in [5.74, 6) is -2.03. The summed E-state index contributed by atoms with van der Waals surface area (Å²) in [6.07, 6.45) is -12.6. The van der Waals surface area contributed by atoms with Gasteiger partial charge in [-0.1, -0.05) is 0 Å². The first-order valence-corrected chi connectivity index (χ1v) is 9.81. The zero-order chi connectivity index (χ0) is 18.2. The van der Waals surface area contributed by atoms with Gasteiger partial charge in [0.15, 0.2) is 0 Å². The maximum atomic E-state index is 12.8. The van der Waals surface area contributed by atoms with Gasteiger partial charge in [0.2, 0.25) is 5.91 Å². The number of amides is 1. The van der Waals surface area contributed by atoms with Crippen LogP contribution in [0.5, 0.6) is 0 Å². The molecule has 0 aromatic heterocycles. The molecular weight excluding hydrogens is 361 g/mol. The van der Waals surface area contributed by atoms with Gasteiger partial charge in [0, 0.05) is 6.54 Å². The lowest BCUT2D eigenvalue weighted by molar-refractivity contribution is -0.133. The van der Waals surface area contributed by atoms with Gasteiger partial charge in [-0.2, -0.15) is 26.3 Å². The Bertz CT molecular complexity index is 496. The van der Waals surface area contributed by atoms with Crippen molar-refractivity contribution in [3.63, 3.8) is 0 Å². The van der Waals surface area contributed by atoms with Crippen molar-refractivity contribution in [1.29, 1.82) is 0 Å². The van der Waals surface area contributed by atoms with Gasteiger partial charge >= 0.3 is 12.4 Å². The molecule has 0 aliphatic carbocycles. The highest BCUT2D eigenvalue weighted by Crippen LogP contribution is 2.60. The third-order valence-electron chi connectivity index (χ3n) is 4.30. The van der Waals surface area contributed by atoms with E-state index in [0.717, 1.165) is 4.90 Å². The third-order valence-corrected chi connectivity index (χ3v) is 7.71. The van der Waals surface area contributed by atoms with Crippen LogP contribution in [0.2, 0.25) is 0 Å². The number of rotatable bonds is 4. The van der Waals surface area contributed by atoms with E-state index in [1.165, 1.54) is 0 Å². The average Bonchev–Trinajstić information content (AvgIpc) is 3.05. The van der Waals surface area contributed by atoms with Crippen molar-refractivity contribution in [1.82, 2.24) is 10.2 Å². The molecule has 1 N–H and O–H groups in total. The maximum Gasteiger partial charge on any atom is 0.395 e. The van der Waals surface area contributed by atoms with Gasteiger partial charge in [-0.3, -0.25) is 4.79 Å². The Hall–Kier alpha value is -0.760. The molecule has 1 amide bonds. The Morgan fingerprint density at radius 1 is 1.04 bits per heavy atom. The molecule has 0 spiro atoms. The number of hydrogen-bond donors (Lipinski definition) is 1. The number of nitrogens with one attached hydrogen (secondary N) is 1. The summed E-state index contributed by atoms with van der Waals surface area (Å²) < 4.78 is 89.2. The van der Waals surface area contributed by atoms with E-state index < -0.39 is 49.6 Å². The summed E-state index contributed by atoms with van der Waals surface area (Å²) in [5, 5.41) is 2.88. The average molecular weight is 380 g/mol. The molecule has 0 bridgehead atoms. The molecule has 0 saturated carbocycles. The Morgan fingerprint density at radius 3 is 2.08 bits per heavy atom. The van der Waals surface area contributed by atoms with Crippen LogP contribution >= 0.6 is 7.14 Å². The van der Waals surface area contributed by atoms with Crippen molar-refractivity contribution in [2.75, 3.05) is 25.4 Å². The van der Waals surface area contributed by atoms with Crippen LogP contribution in [0.25, 0.3) is 0 Å². The number of nitrogens with zero attached hydrogens (tertiary/aromatic N) is 1. The molecule has 1 unspecified atom stereocenters. The minimum Gasteiger partial charge on any atom is -0.331 e. The second-order valence-electron chi connectivity index (χ2n) is 6.30. The zero-order valence-electron chi connectivity index (χ0n) is 12.8. The van der Waals surface area contributed by atoms with Crippen LogP contribution in [-0.4, -0.2) is 60.4 Å². The van der Waals surface area contributed by atoms with Crippen molar-refractivity contribution in [3.8, 4) is 0 Å². The SMILES string of the molecule is O=C([C@@H]1CCCN1)N1CCCC1P(=O)(CC(F)(F)F)CC(F)(F)F. The predicted octanol–water partition coefficient (Wildman–Crippen LogP) is 3.17. The molecule has 2 rings (SSSR count). The standard InChI is InChI=1S/C13H19F6N2O2P/c14-12(15,16)7-24(23,8-13(17,18)19)10-4-2-6-21(10)11(22)9-3-1-5-20-9/h9-10,20H,1-8H2/t9-,10?/m0/s1. The fourth-order valence-corrected chi connectivity index (χ4v) is 6.60. The number of alkyl halides is 6. The highest BCUT2D eigenvalue weighted by atomic mass is 31.2. The molecule has 2 aliphatic heterocycles. The molecular formula is C13H19F6N2O2P. The molecule has 2 saturated heterocycles. The van der Waals surface area contributed by atoms with Gasteiger partial charge in [0.05, 0.1) is 24.1 Å². The molecule has 11 heteroatoms. The number of halogens is 6. The summed E-state index contributed by atoms with van der Waals surface area (Å²) in [4.78, 5) is 13.4. The van der Waals surface area contributed by atoms with Gasteiger partial charge in [-0.25, -0.2) is 0 Å². The van der Waals surface area contributed by atoms with Gasteiger partial charge in [0.25, 0.3) is 0 Å². The normalized spacial score (nSPS) is 26.2. The molecule has 2 atom stereocenters. The topological polar surface area (TPSA) is 49.4 Å². The van der Waals surface area contributed by atoms with Crippen LogP contribution in [0.15, 0.2) is 0 Å². The van der Waals surface area contributed by atoms with Crippen LogP contribution in [0, 0.1) is 0 Å². The van der Waals surface area contributed by atoms with Crippen molar-refractivity contribution in [2.45, 2.75) is 49.9 Å². The van der Waals surface area contributed by atoms with Crippen molar-refractivity contribution >= 4 is 13.0 Å². The van der Waals surface area contributed by atoms with Crippen LogP contribution in [0.3, 0.4) is 0 Å². The van der Waals surface area contributed by atoms with Crippen molar-refractivity contribution < 1.29 is 35.7 Å². The third kappa shape index (κ3) is 4.88. The van der Waals surface area contributed by atoms with Crippen LogP contribution < -0.4 is 5.32 Å². The van der Waals surface area contributed by atoms with Crippen LogP contribution in [0.1, 0.15) is 25.7 Å². The molecule has 0 radical (unpaired) electrons. The number of carbonyl (C=O) groups is 1. The smallest absolute Gasteiger partial charge is 0.331 e. The first-order chi connectivity index (χ1) is 10.9. The zero-order valence-corrected chi connectivity index (χ0v) is 13.7. The second-order valence-corrected chi connectivity index (χ2v) is 9.44. The van der Waals surface area contributed by atoms with Gasteiger partial charge in [-0.15, -0.1) is 0 Å². The van der Waals surface area contributed by atoms with E-state index >= 15 is 0 Å². The van der Waals surface area contributed by atoms with E-state index in [0.29, 0.717) is 19.4 Å². The van der Waals surface area contributed by atoms with E-state index in [-0.39, 0.29) is 19.4 Å². The Labute approximate surface area is 135 Å². The van der Waals surface area contributed by atoms with E-state index in [9.17, 15) is 35.7 Å².